The molecule has 1 aliphatic heterocycles. The lowest BCUT2D eigenvalue weighted by Crippen LogP contribution is -2.22. The minimum atomic E-state index is -3.68. The summed E-state index contributed by atoms with van der Waals surface area (Å²) in [6.45, 7) is 0.714. The highest BCUT2D eigenvalue weighted by Crippen LogP contribution is 2.22. The molecule has 0 bridgehead atoms. The van der Waals surface area contributed by atoms with Gasteiger partial charge in [0.25, 0.3) is 0 Å². The van der Waals surface area contributed by atoms with Crippen molar-refractivity contribution in [3.05, 3.63) is 24.0 Å². The molecule has 6 nitrogen and oxygen atoms in total. The SMILES string of the molecule is CN(C)S(=O)(=O)c1ccc(F)c(NC(=O)CCC2CCCO2)c1. The van der Waals surface area contributed by atoms with Gasteiger partial charge in [-0.25, -0.2) is 17.1 Å². The first-order valence-electron chi connectivity index (χ1n) is 7.44. The fourth-order valence-electron chi connectivity index (χ4n) is 2.35. The van der Waals surface area contributed by atoms with Gasteiger partial charge in [-0.2, -0.15) is 0 Å². The fraction of sp³-hybridized carbons (Fsp3) is 0.533. The number of amides is 1. The van der Waals surface area contributed by atoms with Crippen LogP contribution in [0.3, 0.4) is 0 Å². The van der Waals surface area contributed by atoms with Crippen molar-refractivity contribution in [3.8, 4) is 0 Å². The van der Waals surface area contributed by atoms with Crippen LogP contribution >= 0.6 is 0 Å². The second-order valence-electron chi connectivity index (χ2n) is 5.65. The number of hydrogen-bond acceptors (Lipinski definition) is 4. The highest BCUT2D eigenvalue weighted by molar-refractivity contribution is 7.89. The predicted molar refractivity (Wildman–Crippen MR) is 84.1 cm³/mol. The lowest BCUT2D eigenvalue weighted by molar-refractivity contribution is -0.116. The number of carbonyl (C=O) groups excluding carboxylic acids is 1. The summed E-state index contributed by atoms with van der Waals surface area (Å²) in [7, 11) is -0.907. The Hall–Kier alpha value is -1.51. The molecule has 1 aliphatic rings. The molecule has 1 N–H and O–H groups in total. The average molecular weight is 344 g/mol. The number of nitrogens with zero attached hydrogens (tertiary/aromatic N) is 1. The molecule has 8 heteroatoms. The first-order valence-corrected chi connectivity index (χ1v) is 8.88. The molecule has 128 valence electrons. The minimum Gasteiger partial charge on any atom is -0.378 e. The summed E-state index contributed by atoms with van der Waals surface area (Å²) in [5, 5.41) is 2.43. The summed E-state index contributed by atoms with van der Waals surface area (Å²) in [5.41, 5.74) is -0.134. The number of anilines is 1. The maximum Gasteiger partial charge on any atom is 0.242 e. The summed E-state index contributed by atoms with van der Waals surface area (Å²) in [6, 6.07) is 3.34. The van der Waals surface area contributed by atoms with E-state index < -0.39 is 15.8 Å². The van der Waals surface area contributed by atoms with Crippen LogP contribution in [0.15, 0.2) is 23.1 Å². The molecule has 1 aromatic carbocycles. The number of rotatable bonds is 6. The Morgan fingerprint density at radius 2 is 2.17 bits per heavy atom. The van der Waals surface area contributed by atoms with Gasteiger partial charge in [0.1, 0.15) is 5.82 Å². The van der Waals surface area contributed by atoms with Gasteiger partial charge in [-0.05, 0) is 37.5 Å². The summed E-state index contributed by atoms with van der Waals surface area (Å²) in [4.78, 5) is 11.9. The van der Waals surface area contributed by atoms with E-state index >= 15 is 0 Å². The van der Waals surface area contributed by atoms with Crippen LogP contribution in [0.4, 0.5) is 10.1 Å². The molecule has 1 atom stereocenters. The van der Waals surface area contributed by atoms with E-state index in [1.54, 1.807) is 0 Å². The number of sulfonamides is 1. The lowest BCUT2D eigenvalue weighted by Gasteiger charge is -2.14. The van der Waals surface area contributed by atoms with Gasteiger partial charge in [0, 0.05) is 27.1 Å². The zero-order chi connectivity index (χ0) is 17.0. The maximum atomic E-state index is 13.8. The molecule has 1 amide bonds. The third-order valence-corrected chi connectivity index (χ3v) is 5.52. The molecular formula is C15H21FN2O4S. The Bertz CT molecular complexity index is 670. The molecule has 0 aliphatic carbocycles. The smallest absolute Gasteiger partial charge is 0.242 e. The van der Waals surface area contributed by atoms with Gasteiger partial charge < -0.3 is 10.1 Å². The van der Waals surface area contributed by atoms with E-state index in [0.29, 0.717) is 13.0 Å². The number of carbonyl (C=O) groups is 1. The van der Waals surface area contributed by atoms with Gasteiger partial charge in [0.15, 0.2) is 0 Å². The molecule has 23 heavy (non-hydrogen) atoms. The Kier molecular flexibility index (Phi) is 5.72. The van der Waals surface area contributed by atoms with E-state index in [9.17, 15) is 17.6 Å². The molecule has 0 aromatic heterocycles. The molecular weight excluding hydrogens is 323 g/mol. The van der Waals surface area contributed by atoms with Crippen molar-refractivity contribution in [2.24, 2.45) is 0 Å². The average Bonchev–Trinajstić information content (AvgIpc) is 3.00. The van der Waals surface area contributed by atoms with Gasteiger partial charge >= 0.3 is 0 Å². The molecule has 1 heterocycles. The van der Waals surface area contributed by atoms with E-state index in [1.165, 1.54) is 20.2 Å². The highest BCUT2D eigenvalue weighted by Gasteiger charge is 2.20. The normalized spacial score (nSPS) is 18.3. The van der Waals surface area contributed by atoms with Crippen molar-refractivity contribution in [2.45, 2.75) is 36.7 Å². The summed E-state index contributed by atoms with van der Waals surface area (Å²) in [6.07, 6.45) is 2.77. The zero-order valence-electron chi connectivity index (χ0n) is 13.2. The zero-order valence-corrected chi connectivity index (χ0v) is 14.0. The Morgan fingerprint density at radius 3 is 2.78 bits per heavy atom. The van der Waals surface area contributed by atoms with E-state index in [1.807, 2.05) is 0 Å². The van der Waals surface area contributed by atoms with Crippen molar-refractivity contribution in [1.29, 1.82) is 0 Å². The highest BCUT2D eigenvalue weighted by atomic mass is 32.2. The van der Waals surface area contributed by atoms with Crippen LogP contribution < -0.4 is 5.32 Å². The van der Waals surface area contributed by atoms with Crippen molar-refractivity contribution >= 4 is 21.6 Å². The first kappa shape index (κ1) is 17.8. The molecule has 0 radical (unpaired) electrons. The largest absolute Gasteiger partial charge is 0.378 e. The van der Waals surface area contributed by atoms with Gasteiger partial charge in [0.05, 0.1) is 16.7 Å². The molecule has 2 rings (SSSR count). The third-order valence-electron chi connectivity index (χ3n) is 3.71. The molecule has 1 fully saturated rings. The Morgan fingerprint density at radius 1 is 1.43 bits per heavy atom. The number of nitrogens with one attached hydrogen (secondary N) is 1. The molecule has 1 saturated heterocycles. The fourth-order valence-corrected chi connectivity index (χ4v) is 3.28. The van der Waals surface area contributed by atoms with Gasteiger partial charge in [0.2, 0.25) is 15.9 Å². The van der Waals surface area contributed by atoms with Crippen LogP contribution in [0.5, 0.6) is 0 Å². The van der Waals surface area contributed by atoms with E-state index in [4.69, 9.17) is 4.74 Å². The van der Waals surface area contributed by atoms with Gasteiger partial charge in [-0.15, -0.1) is 0 Å². The summed E-state index contributed by atoms with van der Waals surface area (Å²) >= 11 is 0. The number of hydrogen-bond donors (Lipinski definition) is 1. The van der Waals surface area contributed by atoms with Crippen molar-refractivity contribution in [2.75, 3.05) is 26.0 Å². The molecule has 1 unspecified atom stereocenters. The summed E-state index contributed by atoms with van der Waals surface area (Å²) in [5.74, 6) is -1.04. The predicted octanol–water partition coefficient (Wildman–Crippen LogP) is 1.97. The lowest BCUT2D eigenvalue weighted by atomic mass is 10.1. The van der Waals surface area contributed by atoms with Crippen molar-refractivity contribution in [1.82, 2.24) is 4.31 Å². The van der Waals surface area contributed by atoms with E-state index in [2.05, 4.69) is 5.32 Å². The minimum absolute atomic E-state index is 0.0710. The monoisotopic (exact) mass is 344 g/mol. The maximum absolute atomic E-state index is 13.8. The number of ether oxygens (including phenoxy) is 1. The Balaban J connectivity index is 2.05. The van der Waals surface area contributed by atoms with Crippen molar-refractivity contribution in [3.63, 3.8) is 0 Å². The van der Waals surface area contributed by atoms with Crippen LogP contribution in [-0.4, -0.2) is 45.4 Å². The first-order chi connectivity index (χ1) is 10.8. The third kappa shape index (κ3) is 4.49. The molecule has 1 aromatic rings. The number of halogens is 1. The van der Waals surface area contributed by atoms with Gasteiger partial charge in [-0.3, -0.25) is 4.79 Å². The van der Waals surface area contributed by atoms with Crippen LogP contribution in [0.1, 0.15) is 25.7 Å². The second kappa shape index (κ2) is 7.37. The Labute approximate surface area is 135 Å². The number of benzene rings is 1. The quantitative estimate of drug-likeness (QED) is 0.856. The molecule has 0 saturated carbocycles. The van der Waals surface area contributed by atoms with E-state index in [-0.39, 0.29) is 29.0 Å². The van der Waals surface area contributed by atoms with Crippen LogP contribution in [-0.2, 0) is 19.6 Å². The van der Waals surface area contributed by atoms with Gasteiger partial charge in [-0.1, -0.05) is 0 Å². The van der Waals surface area contributed by atoms with Crippen molar-refractivity contribution < 1.29 is 22.3 Å². The topological polar surface area (TPSA) is 75.7 Å². The van der Waals surface area contributed by atoms with Crippen LogP contribution in [0.2, 0.25) is 0 Å². The van der Waals surface area contributed by atoms with Crippen LogP contribution in [0, 0.1) is 5.82 Å². The molecule has 0 spiro atoms. The van der Waals surface area contributed by atoms with E-state index in [0.717, 1.165) is 29.3 Å². The summed E-state index contributed by atoms with van der Waals surface area (Å²) < 4.78 is 44.4. The second-order valence-corrected chi connectivity index (χ2v) is 7.80. The van der Waals surface area contributed by atoms with Crippen LogP contribution in [0.25, 0.3) is 0 Å². The standard InChI is InChI=1S/C15H21FN2O4S/c1-18(2)23(20,21)12-6-7-13(16)14(10-12)17-15(19)8-5-11-4-3-9-22-11/h6-7,10-11H,3-5,8-9H2,1-2H3,(H,17,19).